The molecule has 3 aliphatic rings. The average Bonchev–Trinajstić information content (AvgIpc) is 3.35. The van der Waals surface area contributed by atoms with E-state index in [9.17, 15) is 14.4 Å². The van der Waals surface area contributed by atoms with E-state index in [1.165, 1.54) is 6.07 Å². The van der Waals surface area contributed by atoms with Crippen molar-refractivity contribution < 1.29 is 14.4 Å². The standard InChI is InChI=1S/C32H28Cl2N2O3/c1-17-15-25-32(21-10-6-7-11-23(21)35-30(32)39)26(28(37)20-14-13-18(33)16-22(20)34)27(29(38)31(2,3)4)36(25)24-12-8-5-9-19(17)24/h5-16,25-27H,1-4H3,(H,35,39)/t25-,26+,27-,32-/m1/s1. The summed E-state index contributed by atoms with van der Waals surface area (Å²) in [6.07, 6.45) is 2.05. The largest absolute Gasteiger partial charge is 0.352 e. The molecular formula is C32H28Cl2N2O3. The number of halogens is 2. The molecule has 5 nitrogen and oxygen atoms in total. The molecule has 1 amide bonds. The first-order valence-electron chi connectivity index (χ1n) is 13.0. The molecule has 7 heteroatoms. The number of nitrogens with zero attached hydrogens (tertiary/aromatic N) is 1. The van der Waals surface area contributed by atoms with Gasteiger partial charge in [0.1, 0.15) is 11.5 Å². The number of amides is 1. The molecule has 0 unspecified atom stereocenters. The molecule has 3 aliphatic heterocycles. The second kappa shape index (κ2) is 8.80. The Hall–Kier alpha value is -3.41. The van der Waals surface area contributed by atoms with Crippen molar-refractivity contribution in [1.82, 2.24) is 0 Å². The number of hydrogen-bond acceptors (Lipinski definition) is 4. The summed E-state index contributed by atoms with van der Waals surface area (Å²) in [6, 6.07) is 18.5. The maximum absolute atomic E-state index is 14.8. The van der Waals surface area contributed by atoms with Gasteiger partial charge in [0, 0.05) is 32.9 Å². The summed E-state index contributed by atoms with van der Waals surface area (Å²) < 4.78 is 0. The van der Waals surface area contributed by atoms with Gasteiger partial charge < -0.3 is 10.2 Å². The average molecular weight is 559 g/mol. The summed E-state index contributed by atoms with van der Waals surface area (Å²) in [5.74, 6) is -1.82. The van der Waals surface area contributed by atoms with Crippen LogP contribution in [0.2, 0.25) is 10.0 Å². The number of carbonyl (C=O) groups excluding carboxylic acids is 3. The Morgan fingerprint density at radius 3 is 2.38 bits per heavy atom. The zero-order valence-electron chi connectivity index (χ0n) is 22.1. The highest BCUT2D eigenvalue weighted by atomic mass is 35.5. The van der Waals surface area contributed by atoms with Gasteiger partial charge in [0.2, 0.25) is 5.91 Å². The Bertz CT molecular complexity index is 1600. The first kappa shape index (κ1) is 25.8. The summed E-state index contributed by atoms with van der Waals surface area (Å²) >= 11 is 12.8. The van der Waals surface area contributed by atoms with Crippen LogP contribution in [-0.2, 0) is 15.0 Å². The lowest BCUT2D eigenvalue weighted by Gasteiger charge is -2.39. The smallest absolute Gasteiger partial charge is 0.238 e. The van der Waals surface area contributed by atoms with Crippen molar-refractivity contribution in [1.29, 1.82) is 0 Å². The van der Waals surface area contributed by atoms with E-state index in [2.05, 4.69) is 5.32 Å². The van der Waals surface area contributed by atoms with Crippen molar-refractivity contribution >= 4 is 57.6 Å². The highest BCUT2D eigenvalue weighted by Crippen LogP contribution is 2.59. The number of rotatable bonds is 3. The number of anilines is 2. The van der Waals surface area contributed by atoms with Crippen LogP contribution >= 0.6 is 23.2 Å². The third-order valence-corrected chi connectivity index (χ3v) is 8.92. The third-order valence-electron chi connectivity index (χ3n) is 8.37. The number of hydrogen-bond donors (Lipinski definition) is 1. The number of fused-ring (bicyclic) bond motifs is 6. The van der Waals surface area contributed by atoms with Crippen molar-refractivity contribution in [3.63, 3.8) is 0 Å². The topological polar surface area (TPSA) is 66.5 Å². The maximum atomic E-state index is 14.8. The molecule has 198 valence electrons. The number of benzene rings is 3. The minimum atomic E-state index is -1.36. The van der Waals surface area contributed by atoms with Crippen LogP contribution in [-0.4, -0.2) is 29.6 Å². The fourth-order valence-electron chi connectivity index (χ4n) is 6.69. The molecule has 6 rings (SSSR count). The van der Waals surface area contributed by atoms with Crippen LogP contribution < -0.4 is 10.2 Å². The normalized spacial score (nSPS) is 25.1. The van der Waals surface area contributed by atoms with Crippen LogP contribution in [0.15, 0.2) is 72.8 Å². The van der Waals surface area contributed by atoms with Crippen LogP contribution in [0.5, 0.6) is 0 Å². The fourth-order valence-corrected chi connectivity index (χ4v) is 7.19. The lowest BCUT2D eigenvalue weighted by atomic mass is 9.63. The van der Waals surface area contributed by atoms with Crippen LogP contribution in [0.4, 0.5) is 11.4 Å². The molecule has 39 heavy (non-hydrogen) atoms. The van der Waals surface area contributed by atoms with Crippen LogP contribution in [0.25, 0.3) is 5.57 Å². The van der Waals surface area contributed by atoms with E-state index in [0.29, 0.717) is 16.3 Å². The summed E-state index contributed by atoms with van der Waals surface area (Å²) in [6.45, 7) is 7.57. The minimum Gasteiger partial charge on any atom is -0.352 e. The third kappa shape index (κ3) is 3.56. The highest BCUT2D eigenvalue weighted by molar-refractivity contribution is 6.37. The molecule has 0 radical (unpaired) electrons. The molecule has 0 bridgehead atoms. The number of carbonyl (C=O) groups is 3. The molecule has 3 aromatic rings. The Morgan fingerprint density at radius 1 is 0.974 bits per heavy atom. The van der Waals surface area contributed by atoms with Gasteiger partial charge in [-0.1, -0.05) is 86.4 Å². The van der Waals surface area contributed by atoms with Gasteiger partial charge in [-0.25, -0.2) is 0 Å². The molecule has 1 fully saturated rings. The summed E-state index contributed by atoms with van der Waals surface area (Å²) in [7, 11) is 0. The van der Waals surface area contributed by atoms with Gasteiger partial charge in [-0.3, -0.25) is 14.4 Å². The SMILES string of the molecule is CC1=C[C@H]2N(c3ccccc31)[C@@H](C(=O)C(C)(C)C)[C@@H](C(=O)c1ccc(Cl)cc1Cl)[C@]21C(=O)Nc2ccccc21. The van der Waals surface area contributed by atoms with Gasteiger partial charge in [0.25, 0.3) is 0 Å². The number of nitrogens with one attached hydrogen (secondary N) is 1. The Labute approximate surface area is 237 Å². The Balaban J connectivity index is 1.71. The van der Waals surface area contributed by atoms with E-state index in [1.54, 1.807) is 12.1 Å². The van der Waals surface area contributed by atoms with Crippen LogP contribution in [0.3, 0.4) is 0 Å². The highest BCUT2D eigenvalue weighted by Gasteiger charge is 2.71. The van der Waals surface area contributed by atoms with Gasteiger partial charge in [-0.15, -0.1) is 0 Å². The second-order valence-electron chi connectivity index (χ2n) is 11.6. The second-order valence-corrected chi connectivity index (χ2v) is 12.5. The van der Waals surface area contributed by atoms with Crippen molar-refractivity contribution in [2.45, 2.75) is 45.2 Å². The number of allylic oxidation sites excluding steroid dienone is 1. The van der Waals surface area contributed by atoms with Gasteiger partial charge in [-0.2, -0.15) is 0 Å². The summed E-state index contributed by atoms with van der Waals surface area (Å²) in [4.78, 5) is 45.6. The molecule has 1 saturated heterocycles. The molecule has 3 heterocycles. The first-order chi connectivity index (χ1) is 18.5. The predicted octanol–water partition coefficient (Wildman–Crippen LogP) is 6.97. The van der Waals surface area contributed by atoms with Gasteiger partial charge in [0.15, 0.2) is 11.6 Å². The van der Waals surface area contributed by atoms with E-state index in [0.717, 1.165) is 16.8 Å². The van der Waals surface area contributed by atoms with Crippen molar-refractivity contribution in [3.8, 4) is 0 Å². The lowest BCUT2D eigenvalue weighted by Crippen LogP contribution is -2.51. The lowest BCUT2D eigenvalue weighted by molar-refractivity contribution is -0.128. The molecule has 0 aromatic heterocycles. The van der Waals surface area contributed by atoms with Crippen LogP contribution in [0.1, 0.15) is 49.2 Å². The Morgan fingerprint density at radius 2 is 1.67 bits per heavy atom. The summed E-state index contributed by atoms with van der Waals surface area (Å²) in [5.41, 5.74) is 2.24. The molecule has 3 aromatic carbocycles. The zero-order chi connectivity index (χ0) is 27.9. The van der Waals surface area contributed by atoms with E-state index < -0.39 is 28.8 Å². The summed E-state index contributed by atoms with van der Waals surface area (Å²) in [5, 5.41) is 3.63. The molecule has 0 saturated carbocycles. The first-order valence-corrected chi connectivity index (χ1v) is 13.7. The monoisotopic (exact) mass is 558 g/mol. The molecule has 1 spiro atoms. The van der Waals surface area contributed by atoms with Crippen molar-refractivity contribution in [2.75, 3.05) is 10.2 Å². The van der Waals surface area contributed by atoms with E-state index >= 15 is 0 Å². The number of para-hydroxylation sites is 2. The van der Waals surface area contributed by atoms with Crippen LogP contribution in [0, 0.1) is 11.3 Å². The van der Waals surface area contributed by atoms with E-state index in [-0.39, 0.29) is 28.1 Å². The zero-order valence-corrected chi connectivity index (χ0v) is 23.6. The molecule has 4 atom stereocenters. The molecular weight excluding hydrogens is 531 g/mol. The van der Waals surface area contributed by atoms with Gasteiger partial charge >= 0.3 is 0 Å². The maximum Gasteiger partial charge on any atom is 0.238 e. The van der Waals surface area contributed by atoms with E-state index in [1.807, 2.05) is 87.2 Å². The van der Waals surface area contributed by atoms with Crippen molar-refractivity contribution in [3.05, 3.63) is 99.5 Å². The Kier molecular flexibility index (Phi) is 5.83. The van der Waals surface area contributed by atoms with Gasteiger partial charge in [0.05, 0.1) is 17.0 Å². The number of Topliss-reactive ketones (excluding diaryl/α,β-unsaturated/α-hetero) is 2. The molecule has 1 N–H and O–H groups in total. The van der Waals surface area contributed by atoms with E-state index in [4.69, 9.17) is 23.2 Å². The minimum absolute atomic E-state index is 0.118. The predicted molar refractivity (Wildman–Crippen MR) is 156 cm³/mol. The molecule has 0 aliphatic carbocycles. The fraction of sp³-hybridized carbons (Fsp3) is 0.281. The van der Waals surface area contributed by atoms with Crippen molar-refractivity contribution in [2.24, 2.45) is 11.3 Å². The number of ketones is 2. The quantitative estimate of drug-likeness (QED) is 0.352. The van der Waals surface area contributed by atoms with Gasteiger partial charge in [-0.05, 0) is 48.4 Å².